The molecular weight excluding hydrogens is 270 g/mol. The van der Waals surface area contributed by atoms with Crippen LogP contribution in [0.5, 0.6) is 17.4 Å². The Bertz CT molecular complexity index is 658. The maximum atomic E-state index is 5.81. The number of pyridine rings is 1. The summed E-state index contributed by atoms with van der Waals surface area (Å²) in [6.07, 6.45) is 1.45. The van der Waals surface area contributed by atoms with E-state index in [1.54, 1.807) is 7.11 Å². The first-order valence-corrected chi connectivity index (χ1v) is 6.53. The lowest BCUT2D eigenvalue weighted by Crippen LogP contribution is -2.05. The van der Waals surface area contributed by atoms with Gasteiger partial charge >= 0.3 is 0 Å². The summed E-state index contributed by atoms with van der Waals surface area (Å²) in [6, 6.07) is 1.86. The van der Waals surface area contributed by atoms with E-state index >= 15 is 0 Å². The second kappa shape index (κ2) is 5.82. The van der Waals surface area contributed by atoms with Gasteiger partial charge in [-0.25, -0.2) is 9.97 Å². The van der Waals surface area contributed by atoms with Crippen molar-refractivity contribution in [2.75, 3.05) is 18.6 Å². The summed E-state index contributed by atoms with van der Waals surface area (Å²) in [5.41, 5.74) is 12.9. The van der Waals surface area contributed by atoms with Crippen LogP contribution in [0, 0.1) is 6.92 Å². The molecule has 2 heterocycles. The third-order valence-corrected chi connectivity index (χ3v) is 2.92. The van der Waals surface area contributed by atoms with Crippen LogP contribution in [-0.2, 0) is 0 Å². The van der Waals surface area contributed by atoms with Crippen molar-refractivity contribution in [3.8, 4) is 17.4 Å². The van der Waals surface area contributed by atoms with Crippen molar-refractivity contribution < 1.29 is 9.47 Å². The molecule has 0 aliphatic carbocycles. The van der Waals surface area contributed by atoms with E-state index in [0.29, 0.717) is 17.4 Å². The molecule has 7 nitrogen and oxygen atoms in total. The Kier molecular flexibility index (Phi) is 4.11. The second-order valence-electron chi connectivity index (χ2n) is 4.93. The summed E-state index contributed by atoms with van der Waals surface area (Å²) in [7, 11) is 1.59. The van der Waals surface area contributed by atoms with Crippen LogP contribution in [0.4, 0.5) is 11.8 Å². The summed E-state index contributed by atoms with van der Waals surface area (Å²) >= 11 is 0. The molecule has 0 aliphatic rings. The van der Waals surface area contributed by atoms with Gasteiger partial charge in [0.1, 0.15) is 5.75 Å². The number of nitrogens with zero attached hydrogens (tertiary/aromatic N) is 3. The molecule has 0 saturated carbocycles. The number of methoxy groups -OCH3 is 1. The van der Waals surface area contributed by atoms with Gasteiger partial charge in [0.25, 0.3) is 0 Å². The van der Waals surface area contributed by atoms with Crippen LogP contribution in [0.1, 0.15) is 31.0 Å². The molecule has 0 fully saturated rings. The number of nitrogens with two attached hydrogens (primary N) is 2. The van der Waals surface area contributed by atoms with Gasteiger partial charge in [0.05, 0.1) is 19.0 Å². The minimum Gasteiger partial charge on any atom is -0.481 e. The average molecular weight is 289 g/mol. The van der Waals surface area contributed by atoms with E-state index in [4.69, 9.17) is 20.9 Å². The van der Waals surface area contributed by atoms with E-state index in [0.717, 1.165) is 11.3 Å². The monoisotopic (exact) mass is 289 g/mol. The SMILES string of the molecule is COc1nc(C(C)C)c(Oc2cnc(N)nc2N)cc1C. The first-order chi connectivity index (χ1) is 9.92. The Morgan fingerprint density at radius 2 is 1.86 bits per heavy atom. The van der Waals surface area contributed by atoms with Crippen molar-refractivity contribution in [1.82, 2.24) is 15.0 Å². The highest BCUT2D eigenvalue weighted by Gasteiger charge is 2.16. The molecule has 0 saturated heterocycles. The third-order valence-electron chi connectivity index (χ3n) is 2.92. The molecule has 0 bridgehead atoms. The first-order valence-electron chi connectivity index (χ1n) is 6.53. The molecular formula is C14H19N5O2. The highest BCUT2D eigenvalue weighted by Crippen LogP contribution is 2.34. The zero-order valence-electron chi connectivity index (χ0n) is 12.5. The van der Waals surface area contributed by atoms with Gasteiger partial charge in [0.2, 0.25) is 11.8 Å². The normalized spacial score (nSPS) is 10.7. The zero-order chi connectivity index (χ0) is 15.6. The summed E-state index contributed by atoms with van der Waals surface area (Å²) < 4.78 is 11.1. The Balaban J connectivity index is 2.45. The molecule has 2 aromatic heterocycles. The van der Waals surface area contributed by atoms with Gasteiger partial charge in [-0.05, 0) is 18.9 Å². The first kappa shape index (κ1) is 14.8. The lowest BCUT2D eigenvalue weighted by Gasteiger charge is -2.16. The number of nitrogen functional groups attached to an aromatic ring is 2. The fourth-order valence-electron chi connectivity index (χ4n) is 1.88. The van der Waals surface area contributed by atoms with E-state index in [1.807, 2.05) is 26.8 Å². The summed E-state index contributed by atoms with van der Waals surface area (Å²) in [5, 5.41) is 0. The maximum Gasteiger partial charge on any atom is 0.222 e. The van der Waals surface area contributed by atoms with Gasteiger partial charge in [-0.2, -0.15) is 4.98 Å². The third kappa shape index (κ3) is 3.13. The topological polar surface area (TPSA) is 109 Å². The second-order valence-corrected chi connectivity index (χ2v) is 4.93. The standard InChI is InChI=1S/C14H19N5O2/c1-7(2)11-9(5-8(3)13(18-11)20-4)21-10-6-17-14(16)19-12(10)15/h5-7H,1-4H3,(H4,15,16,17,19). The summed E-state index contributed by atoms with van der Waals surface area (Å²) in [4.78, 5) is 12.2. The number of hydrogen-bond acceptors (Lipinski definition) is 7. The maximum absolute atomic E-state index is 5.81. The Morgan fingerprint density at radius 3 is 2.43 bits per heavy atom. The highest BCUT2D eigenvalue weighted by molar-refractivity contribution is 5.50. The summed E-state index contributed by atoms with van der Waals surface area (Å²) in [5.74, 6) is 1.97. The van der Waals surface area contributed by atoms with Gasteiger partial charge in [-0.1, -0.05) is 13.8 Å². The number of rotatable bonds is 4. The van der Waals surface area contributed by atoms with Crippen molar-refractivity contribution in [2.24, 2.45) is 0 Å². The van der Waals surface area contributed by atoms with Crippen LogP contribution in [0.15, 0.2) is 12.3 Å². The minimum atomic E-state index is 0.105. The molecule has 0 aromatic carbocycles. The molecule has 0 unspecified atom stereocenters. The molecule has 2 aromatic rings. The van der Waals surface area contributed by atoms with E-state index in [9.17, 15) is 0 Å². The van der Waals surface area contributed by atoms with Gasteiger partial charge < -0.3 is 20.9 Å². The fraction of sp³-hybridized carbons (Fsp3) is 0.357. The highest BCUT2D eigenvalue weighted by atomic mass is 16.5. The minimum absolute atomic E-state index is 0.105. The zero-order valence-corrected chi connectivity index (χ0v) is 12.5. The van der Waals surface area contributed by atoms with E-state index in [2.05, 4.69) is 15.0 Å². The van der Waals surface area contributed by atoms with Crippen molar-refractivity contribution in [3.05, 3.63) is 23.5 Å². The number of aryl methyl sites for hydroxylation is 1. The molecule has 0 spiro atoms. The van der Waals surface area contributed by atoms with E-state index < -0.39 is 0 Å². The van der Waals surface area contributed by atoms with Gasteiger partial charge in [0, 0.05) is 5.56 Å². The Labute approximate surface area is 123 Å². The molecule has 0 amide bonds. The number of anilines is 2. The number of aromatic nitrogens is 3. The number of ether oxygens (including phenoxy) is 2. The molecule has 112 valence electrons. The van der Waals surface area contributed by atoms with Gasteiger partial charge in [-0.3, -0.25) is 0 Å². The smallest absolute Gasteiger partial charge is 0.222 e. The van der Waals surface area contributed by atoms with E-state index in [-0.39, 0.29) is 17.7 Å². The molecule has 4 N–H and O–H groups in total. The quantitative estimate of drug-likeness (QED) is 0.888. The van der Waals surface area contributed by atoms with Crippen molar-refractivity contribution in [2.45, 2.75) is 26.7 Å². The van der Waals surface area contributed by atoms with Crippen molar-refractivity contribution >= 4 is 11.8 Å². The van der Waals surface area contributed by atoms with Crippen LogP contribution in [0.25, 0.3) is 0 Å². The molecule has 0 atom stereocenters. The van der Waals surface area contributed by atoms with Crippen LogP contribution >= 0.6 is 0 Å². The van der Waals surface area contributed by atoms with Crippen LogP contribution < -0.4 is 20.9 Å². The molecule has 0 radical (unpaired) electrons. The van der Waals surface area contributed by atoms with Gasteiger partial charge in [0.15, 0.2) is 11.6 Å². The van der Waals surface area contributed by atoms with Crippen molar-refractivity contribution in [1.29, 1.82) is 0 Å². The Hall–Kier alpha value is -2.57. The number of hydrogen-bond donors (Lipinski definition) is 2. The largest absolute Gasteiger partial charge is 0.481 e. The molecule has 21 heavy (non-hydrogen) atoms. The average Bonchev–Trinajstić information content (AvgIpc) is 2.41. The van der Waals surface area contributed by atoms with Crippen molar-refractivity contribution in [3.63, 3.8) is 0 Å². The van der Waals surface area contributed by atoms with Crippen LogP contribution in [0.2, 0.25) is 0 Å². The molecule has 2 rings (SSSR count). The van der Waals surface area contributed by atoms with E-state index in [1.165, 1.54) is 6.20 Å². The lowest BCUT2D eigenvalue weighted by atomic mass is 10.1. The summed E-state index contributed by atoms with van der Waals surface area (Å²) in [6.45, 7) is 5.94. The van der Waals surface area contributed by atoms with Gasteiger partial charge in [-0.15, -0.1) is 0 Å². The molecule has 7 heteroatoms. The predicted molar refractivity (Wildman–Crippen MR) is 80.5 cm³/mol. The van der Waals surface area contributed by atoms with Crippen LogP contribution in [0.3, 0.4) is 0 Å². The predicted octanol–water partition coefficient (Wildman–Crippen LogP) is 2.27. The fourth-order valence-corrected chi connectivity index (χ4v) is 1.88. The Morgan fingerprint density at radius 1 is 1.14 bits per heavy atom. The lowest BCUT2D eigenvalue weighted by molar-refractivity contribution is 0.387. The van der Waals surface area contributed by atoms with Crippen LogP contribution in [-0.4, -0.2) is 22.1 Å². The molecule has 0 aliphatic heterocycles.